The second-order valence-electron chi connectivity index (χ2n) is 3.94. The Morgan fingerprint density at radius 3 is 2.50 bits per heavy atom. The van der Waals surface area contributed by atoms with E-state index in [1.165, 1.54) is 6.07 Å². The Morgan fingerprint density at radius 1 is 1.12 bits per heavy atom. The molecule has 0 aromatic heterocycles. The van der Waals surface area contributed by atoms with Gasteiger partial charge in [-0.15, -0.1) is 0 Å². The molecule has 0 radical (unpaired) electrons. The van der Waals surface area contributed by atoms with Gasteiger partial charge in [-0.05, 0) is 52.9 Å². The van der Waals surface area contributed by atoms with Crippen LogP contribution in [0.25, 0.3) is 10.8 Å². The van der Waals surface area contributed by atoms with Gasteiger partial charge >= 0.3 is 0 Å². The van der Waals surface area contributed by atoms with Crippen molar-refractivity contribution in [1.29, 1.82) is 0 Å². The van der Waals surface area contributed by atoms with E-state index in [1.807, 2.05) is 13.8 Å². The van der Waals surface area contributed by atoms with Gasteiger partial charge in [-0.3, -0.25) is 0 Å². The highest BCUT2D eigenvalue weighted by Crippen LogP contribution is 2.30. The second-order valence-corrected chi connectivity index (χ2v) is 3.94. The van der Waals surface area contributed by atoms with Crippen molar-refractivity contribution in [2.24, 2.45) is 0 Å². The van der Waals surface area contributed by atoms with Crippen LogP contribution in [0.5, 0.6) is 5.75 Å². The molecule has 0 saturated carbocycles. The maximum absolute atomic E-state index is 13.7. The van der Waals surface area contributed by atoms with Crippen LogP contribution >= 0.6 is 0 Å². The standard InChI is InChI=1S/C14H15FO/c1-3-9-7-11(16)8-10-5-6-13(15)12(4-2)14(9)10/h5-8,16H,3-4H2,1-2H3. The molecule has 0 heterocycles. The fourth-order valence-corrected chi connectivity index (χ4v) is 2.22. The van der Waals surface area contributed by atoms with Crippen molar-refractivity contribution in [1.82, 2.24) is 0 Å². The van der Waals surface area contributed by atoms with Gasteiger partial charge in [-0.2, -0.15) is 0 Å². The van der Waals surface area contributed by atoms with E-state index in [0.717, 1.165) is 28.3 Å². The quantitative estimate of drug-likeness (QED) is 0.812. The van der Waals surface area contributed by atoms with Crippen LogP contribution in [0, 0.1) is 5.82 Å². The highest BCUT2D eigenvalue weighted by Gasteiger charge is 2.10. The Morgan fingerprint density at radius 2 is 1.88 bits per heavy atom. The minimum Gasteiger partial charge on any atom is -0.508 e. The number of hydrogen-bond donors (Lipinski definition) is 1. The number of halogens is 1. The first-order valence-electron chi connectivity index (χ1n) is 5.60. The molecule has 1 nitrogen and oxygen atoms in total. The molecule has 0 amide bonds. The summed E-state index contributed by atoms with van der Waals surface area (Å²) in [6.45, 7) is 3.96. The molecule has 0 fully saturated rings. The average Bonchev–Trinajstić information content (AvgIpc) is 2.28. The van der Waals surface area contributed by atoms with Crippen LogP contribution in [0.3, 0.4) is 0 Å². The lowest BCUT2D eigenvalue weighted by Gasteiger charge is -2.11. The van der Waals surface area contributed by atoms with Crippen molar-refractivity contribution in [2.45, 2.75) is 26.7 Å². The fourth-order valence-electron chi connectivity index (χ4n) is 2.22. The predicted octanol–water partition coefficient (Wildman–Crippen LogP) is 3.81. The number of rotatable bonds is 2. The minimum atomic E-state index is -0.157. The van der Waals surface area contributed by atoms with Crippen LogP contribution in [0.2, 0.25) is 0 Å². The molecular formula is C14H15FO. The highest BCUT2D eigenvalue weighted by molar-refractivity contribution is 5.90. The van der Waals surface area contributed by atoms with Gasteiger partial charge in [0, 0.05) is 0 Å². The summed E-state index contributed by atoms with van der Waals surface area (Å²) in [6, 6.07) is 6.61. The van der Waals surface area contributed by atoms with E-state index in [0.29, 0.717) is 6.42 Å². The summed E-state index contributed by atoms with van der Waals surface area (Å²) < 4.78 is 13.7. The Hall–Kier alpha value is -1.57. The maximum atomic E-state index is 13.7. The molecule has 0 unspecified atom stereocenters. The molecule has 0 atom stereocenters. The summed E-state index contributed by atoms with van der Waals surface area (Å²) in [6.07, 6.45) is 1.46. The summed E-state index contributed by atoms with van der Waals surface area (Å²) >= 11 is 0. The van der Waals surface area contributed by atoms with E-state index in [9.17, 15) is 9.50 Å². The maximum Gasteiger partial charge on any atom is 0.127 e. The molecule has 0 spiro atoms. The van der Waals surface area contributed by atoms with Crippen LogP contribution in [0.15, 0.2) is 24.3 Å². The zero-order chi connectivity index (χ0) is 11.7. The van der Waals surface area contributed by atoms with Crippen LogP contribution in [0.1, 0.15) is 25.0 Å². The largest absolute Gasteiger partial charge is 0.508 e. The summed E-state index contributed by atoms with van der Waals surface area (Å²) in [5, 5.41) is 11.5. The first-order valence-corrected chi connectivity index (χ1v) is 5.60. The van der Waals surface area contributed by atoms with E-state index in [-0.39, 0.29) is 11.6 Å². The molecule has 2 rings (SSSR count). The molecule has 2 heteroatoms. The van der Waals surface area contributed by atoms with Gasteiger partial charge in [0.1, 0.15) is 11.6 Å². The second kappa shape index (κ2) is 4.12. The van der Waals surface area contributed by atoms with Crippen LogP contribution in [0.4, 0.5) is 4.39 Å². The molecule has 1 N–H and O–H groups in total. The topological polar surface area (TPSA) is 20.2 Å². The van der Waals surface area contributed by atoms with Crippen molar-refractivity contribution in [3.8, 4) is 5.75 Å². The monoisotopic (exact) mass is 218 g/mol. The van der Waals surface area contributed by atoms with Gasteiger partial charge in [-0.25, -0.2) is 4.39 Å². The van der Waals surface area contributed by atoms with Gasteiger partial charge in [0.2, 0.25) is 0 Å². The summed E-state index contributed by atoms with van der Waals surface area (Å²) in [5.74, 6) is 0.0911. The number of aryl methyl sites for hydroxylation is 2. The molecule has 0 bridgehead atoms. The normalized spacial score (nSPS) is 10.9. The van der Waals surface area contributed by atoms with Crippen molar-refractivity contribution in [2.75, 3.05) is 0 Å². The van der Waals surface area contributed by atoms with Crippen LogP contribution in [-0.2, 0) is 12.8 Å². The predicted molar refractivity (Wildman–Crippen MR) is 64.3 cm³/mol. The molecule has 0 aliphatic carbocycles. The van der Waals surface area contributed by atoms with Crippen LogP contribution < -0.4 is 0 Å². The third kappa shape index (κ3) is 1.64. The minimum absolute atomic E-state index is 0.157. The van der Waals surface area contributed by atoms with E-state index in [4.69, 9.17) is 0 Å². The number of benzene rings is 2. The van der Waals surface area contributed by atoms with E-state index in [1.54, 1.807) is 18.2 Å². The lowest BCUT2D eigenvalue weighted by atomic mass is 9.95. The Balaban J connectivity index is 2.89. The number of phenols is 1. The van der Waals surface area contributed by atoms with Crippen molar-refractivity contribution < 1.29 is 9.50 Å². The third-order valence-electron chi connectivity index (χ3n) is 2.97. The molecular weight excluding hydrogens is 203 g/mol. The van der Waals surface area contributed by atoms with Crippen molar-refractivity contribution in [3.05, 3.63) is 41.2 Å². The van der Waals surface area contributed by atoms with Gasteiger partial charge < -0.3 is 5.11 Å². The summed E-state index contributed by atoms with van der Waals surface area (Å²) in [4.78, 5) is 0. The number of hydrogen-bond acceptors (Lipinski definition) is 1. The van der Waals surface area contributed by atoms with Gasteiger partial charge in [0.05, 0.1) is 0 Å². The van der Waals surface area contributed by atoms with E-state index in [2.05, 4.69) is 0 Å². The summed E-state index contributed by atoms with van der Waals surface area (Å²) in [5.41, 5.74) is 1.75. The molecule has 0 aliphatic rings. The first kappa shape index (κ1) is 10.9. The highest BCUT2D eigenvalue weighted by atomic mass is 19.1. The molecule has 84 valence electrons. The van der Waals surface area contributed by atoms with Crippen molar-refractivity contribution >= 4 is 10.8 Å². The zero-order valence-corrected chi connectivity index (χ0v) is 9.55. The number of fused-ring (bicyclic) bond motifs is 1. The van der Waals surface area contributed by atoms with Crippen LogP contribution in [-0.4, -0.2) is 5.11 Å². The fraction of sp³-hybridized carbons (Fsp3) is 0.286. The zero-order valence-electron chi connectivity index (χ0n) is 9.55. The van der Waals surface area contributed by atoms with Gasteiger partial charge in [-0.1, -0.05) is 19.9 Å². The first-order chi connectivity index (χ1) is 7.67. The smallest absolute Gasteiger partial charge is 0.127 e. The van der Waals surface area contributed by atoms with Crippen molar-refractivity contribution in [3.63, 3.8) is 0 Å². The molecule has 16 heavy (non-hydrogen) atoms. The Bertz CT molecular complexity index is 532. The third-order valence-corrected chi connectivity index (χ3v) is 2.97. The molecule has 2 aromatic carbocycles. The number of phenolic OH excluding ortho intramolecular Hbond substituents is 1. The Labute approximate surface area is 94.5 Å². The van der Waals surface area contributed by atoms with Gasteiger partial charge in [0.15, 0.2) is 0 Å². The van der Waals surface area contributed by atoms with Gasteiger partial charge in [0.25, 0.3) is 0 Å². The average molecular weight is 218 g/mol. The molecule has 0 saturated heterocycles. The Kier molecular flexibility index (Phi) is 2.82. The SMILES string of the molecule is CCc1cc(O)cc2ccc(F)c(CC)c12. The summed E-state index contributed by atoms with van der Waals surface area (Å²) in [7, 11) is 0. The lowest BCUT2D eigenvalue weighted by Crippen LogP contribution is -1.94. The molecule has 0 aliphatic heterocycles. The van der Waals surface area contributed by atoms with E-state index >= 15 is 0 Å². The lowest BCUT2D eigenvalue weighted by molar-refractivity contribution is 0.475. The van der Waals surface area contributed by atoms with E-state index < -0.39 is 0 Å². The molecule has 2 aromatic rings. The number of aromatic hydroxyl groups is 1.